The molecule has 0 N–H and O–H groups in total. The first-order valence-corrected chi connectivity index (χ1v) is 7.22. The van der Waals surface area contributed by atoms with E-state index in [2.05, 4.69) is 0 Å². The second-order valence-electron chi connectivity index (χ2n) is 5.96. The highest BCUT2D eigenvalue weighted by molar-refractivity contribution is 5.89. The molecule has 2 heterocycles. The summed E-state index contributed by atoms with van der Waals surface area (Å²) in [5, 5.41) is 0. The van der Waals surface area contributed by atoms with Gasteiger partial charge in [-0.3, -0.25) is 0 Å². The maximum atomic E-state index is 12.2. The Kier molecular flexibility index (Phi) is 3.73. The number of hydrogen-bond acceptors (Lipinski definition) is 5. The minimum absolute atomic E-state index is 0.0441. The summed E-state index contributed by atoms with van der Waals surface area (Å²) >= 11 is 0. The van der Waals surface area contributed by atoms with Crippen molar-refractivity contribution in [2.75, 3.05) is 0 Å². The lowest BCUT2D eigenvalue weighted by molar-refractivity contribution is -0.225. The molecule has 0 radical (unpaired) electrons. The van der Waals surface area contributed by atoms with Crippen LogP contribution >= 0.6 is 0 Å². The van der Waals surface area contributed by atoms with Crippen molar-refractivity contribution in [2.45, 2.75) is 57.6 Å². The molecule has 5 nitrogen and oxygen atoms in total. The van der Waals surface area contributed by atoms with Gasteiger partial charge >= 0.3 is 5.97 Å². The van der Waals surface area contributed by atoms with Gasteiger partial charge in [0.2, 0.25) is 6.29 Å². The fourth-order valence-electron chi connectivity index (χ4n) is 2.81. The second kappa shape index (κ2) is 5.40. The lowest BCUT2D eigenvalue weighted by Crippen LogP contribution is -2.48. The van der Waals surface area contributed by atoms with Gasteiger partial charge in [0.15, 0.2) is 5.79 Å². The molecule has 114 valence electrons. The molecule has 2 saturated heterocycles. The van der Waals surface area contributed by atoms with Crippen LogP contribution in [0, 0.1) is 0 Å². The maximum absolute atomic E-state index is 12.2. The van der Waals surface area contributed by atoms with E-state index in [1.807, 2.05) is 26.8 Å². The Morgan fingerprint density at radius 3 is 2.67 bits per heavy atom. The number of ether oxygens (including phenoxy) is 4. The Morgan fingerprint density at radius 2 is 1.95 bits per heavy atom. The molecular weight excluding hydrogens is 272 g/mol. The molecule has 2 aliphatic heterocycles. The average molecular weight is 292 g/mol. The normalized spacial score (nSPS) is 34.2. The third-order valence-corrected chi connectivity index (χ3v) is 3.65. The van der Waals surface area contributed by atoms with Crippen LogP contribution in [-0.4, -0.2) is 36.4 Å². The smallest absolute Gasteiger partial charge is 0.340 e. The lowest BCUT2D eigenvalue weighted by Gasteiger charge is -2.34. The van der Waals surface area contributed by atoms with Gasteiger partial charge in [-0.15, -0.1) is 0 Å². The summed E-state index contributed by atoms with van der Waals surface area (Å²) in [4.78, 5) is 12.2. The maximum Gasteiger partial charge on any atom is 0.340 e. The average Bonchev–Trinajstić information content (AvgIpc) is 2.74. The van der Waals surface area contributed by atoms with E-state index in [9.17, 15) is 4.79 Å². The third kappa shape index (κ3) is 3.10. The molecule has 1 aromatic rings. The third-order valence-electron chi connectivity index (χ3n) is 3.65. The van der Waals surface area contributed by atoms with Gasteiger partial charge in [0.1, 0.15) is 6.10 Å². The van der Waals surface area contributed by atoms with E-state index in [1.54, 1.807) is 24.3 Å². The fourth-order valence-corrected chi connectivity index (χ4v) is 2.81. The van der Waals surface area contributed by atoms with Gasteiger partial charge in [-0.25, -0.2) is 4.79 Å². The van der Waals surface area contributed by atoms with Crippen LogP contribution in [-0.2, 0) is 18.9 Å². The molecule has 0 bridgehead atoms. The molecule has 1 aromatic carbocycles. The van der Waals surface area contributed by atoms with Crippen LogP contribution in [0.1, 0.15) is 37.6 Å². The van der Waals surface area contributed by atoms with Gasteiger partial charge in [-0.05, 0) is 32.9 Å². The molecule has 3 rings (SSSR count). The number of carbonyl (C=O) groups is 1. The summed E-state index contributed by atoms with van der Waals surface area (Å²) in [5.74, 6) is -1.10. The van der Waals surface area contributed by atoms with Gasteiger partial charge in [0.25, 0.3) is 0 Å². The highest BCUT2D eigenvalue weighted by Gasteiger charge is 2.51. The van der Waals surface area contributed by atoms with Crippen molar-refractivity contribution in [3.8, 4) is 0 Å². The predicted molar refractivity (Wildman–Crippen MR) is 74.6 cm³/mol. The summed E-state index contributed by atoms with van der Waals surface area (Å²) in [6.07, 6.45) is -0.556. The first-order chi connectivity index (χ1) is 9.94. The molecule has 0 aromatic heterocycles. The first kappa shape index (κ1) is 14.5. The second-order valence-corrected chi connectivity index (χ2v) is 5.96. The van der Waals surface area contributed by atoms with Crippen molar-refractivity contribution in [2.24, 2.45) is 0 Å². The number of benzene rings is 1. The predicted octanol–water partition coefficient (Wildman–Crippen LogP) is 2.50. The Balaban J connectivity index is 1.73. The SMILES string of the molecule is C[C@@H]1C[C@H]2OC(C)(C)O[C@H]2[C@H](OC(=O)c2ccccc2)O1. The van der Waals surface area contributed by atoms with E-state index in [-0.39, 0.29) is 18.3 Å². The molecule has 2 fully saturated rings. The van der Waals surface area contributed by atoms with Crippen molar-refractivity contribution in [3.05, 3.63) is 35.9 Å². The minimum Gasteiger partial charge on any atom is -0.429 e. The van der Waals surface area contributed by atoms with Crippen LogP contribution in [0.5, 0.6) is 0 Å². The van der Waals surface area contributed by atoms with E-state index in [0.717, 1.165) is 6.42 Å². The summed E-state index contributed by atoms with van der Waals surface area (Å²) in [6, 6.07) is 8.86. The first-order valence-electron chi connectivity index (χ1n) is 7.22. The van der Waals surface area contributed by atoms with Crippen LogP contribution in [0.4, 0.5) is 0 Å². The molecule has 0 saturated carbocycles. The highest BCUT2D eigenvalue weighted by Crippen LogP contribution is 2.37. The van der Waals surface area contributed by atoms with Crippen molar-refractivity contribution in [1.82, 2.24) is 0 Å². The van der Waals surface area contributed by atoms with Crippen LogP contribution in [0.2, 0.25) is 0 Å². The molecule has 0 aliphatic carbocycles. The zero-order valence-corrected chi connectivity index (χ0v) is 12.4. The van der Waals surface area contributed by atoms with Crippen LogP contribution < -0.4 is 0 Å². The standard InChI is InChI=1S/C16H20O5/c1-10-9-12-13(21-16(2,3)20-12)15(18-10)19-14(17)11-7-5-4-6-8-11/h4-8,10,12-13,15H,9H2,1-3H3/t10-,12-,13-,15+/m1/s1. The van der Waals surface area contributed by atoms with Gasteiger partial charge in [-0.2, -0.15) is 0 Å². The zero-order valence-electron chi connectivity index (χ0n) is 12.4. The Bertz CT molecular complexity index is 513. The number of rotatable bonds is 2. The van der Waals surface area contributed by atoms with E-state index in [1.165, 1.54) is 0 Å². The monoisotopic (exact) mass is 292 g/mol. The Morgan fingerprint density at radius 1 is 1.24 bits per heavy atom. The van der Waals surface area contributed by atoms with Crippen molar-refractivity contribution < 1.29 is 23.7 Å². The van der Waals surface area contributed by atoms with Crippen LogP contribution in [0.25, 0.3) is 0 Å². The number of hydrogen-bond donors (Lipinski definition) is 0. The highest BCUT2D eigenvalue weighted by atomic mass is 16.8. The molecule has 4 atom stereocenters. The fraction of sp³-hybridized carbons (Fsp3) is 0.562. The van der Waals surface area contributed by atoms with E-state index >= 15 is 0 Å². The molecule has 2 aliphatic rings. The summed E-state index contributed by atoms with van der Waals surface area (Å²) in [7, 11) is 0. The van der Waals surface area contributed by atoms with Crippen molar-refractivity contribution in [3.63, 3.8) is 0 Å². The van der Waals surface area contributed by atoms with Gasteiger partial charge < -0.3 is 18.9 Å². The molecule has 0 unspecified atom stereocenters. The summed E-state index contributed by atoms with van der Waals surface area (Å²) < 4.78 is 22.9. The summed E-state index contributed by atoms with van der Waals surface area (Å²) in [5.41, 5.74) is 0.494. The number of carbonyl (C=O) groups excluding carboxylic acids is 1. The molecule has 21 heavy (non-hydrogen) atoms. The van der Waals surface area contributed by atoms with Crippen molar-refractivity contribution in [1.29, 1.82) is 0 Å². The topological polar surface area (TPSA) is 54.0 Å². The van der Waals surface area contributed by atoms with Crippen molar-refractivity contribution >= 4 is 5.97 Å². The number of fused-ring (bicyclic) bond motifs is 1. The lowest BCUT2D eigenvalue weighted by atomic mass is 10.0. The van der Waals surface area contributed by atoms with Gasteiger partial charge in [0.05, 0.1) is 17.8 Å². The Hall–Kier alpha value is -1.43. The Labute approximate surface area is 124 Å². The zero-order chi connectivity index (χ0) is 15.0. The van der Waals surface area contributed by atoms with Crippen LogP contribution in [0.15, 0.2) is 30.3 Å². The quantitative estimate of drug-likeness (QED) is 0.784. The number of esters is 1. The van der Waals surface area contributed by atoms with Crippen LogP contribution in [0.3, 0.4) is 0 Å². The van der Waals surface area contributed by atoms with E-state index < -0.39 is 18.0 Å². The largest absolute Gasteiger partial charge is 0.429 e. The van der Waals surface area contributed by atoms with Gasteiger partial charge in [0, 0.05) is 6.42 Å². The minimum atomic E-state index is -0.742. The van der Waals surface area contributed by atoms with Gasteiger partial charge in [-0.1, -0.05) is 18.2 Å². The molecule has 0 amide bonds. The molecule has 0 spiro atoms. The van der Waals surface area contributed by atoms with E-state index in [0.29, 0.717) is 5.56 Å². The van der Waals surface area contributed by atoms with E-state index in [4.69, 9.17) is 18.9 Å². The molecule has 5 heteroatoms. The molecular formula is C16H20O5. The summed E-state index contributed by atoms with van der Waals surface area (Å²) in [6.45, 7) is 5.65.